The van der Waals surface area contributed by atoms with Gasteiger partial charge in [0, 0.05) is 5.56 Å². The zero-order chi connectivity index (χ0) is 18.9. The average Bonchev–Trinajstić information content (AvgIpc) is 2.66. The summed E-state index contributed by atoms with van der Waals surface area (Å²) in [5.41, 5.74) is 1.34. The lowest BCUT2D eigenvalue weighted by Crippen LogP contribution is -2.42. The molecule has 0 spiro atoms. The monoisotopic (exact) mass is 352 g/mol. The van der Waals surface area contributed by atoms with Gasteiger partial charge in [0.05, 0.1) is 18.1 Å². The Morgan fingerprint density at radius 2 is 1.73 bits per heavy atom. The molecule has 0 unspecified atom stereocenters. The number of carboxylic acids is 1. The SMILES string of the molecule is N#Cc1ccc(C(=O)N[C@@H](CC(=O)OCc2ccccc2)C(=O)O)cc1. The predicted octanol–water partition coefficient (Wildman–Crippen LogP) is 1.87. The molecule has 7 nitrogen and oxygen atoms in total. The number of rotatable bonds is 7. The minimum Gasteiger partial charge on any atom is -0.480 e. The van der Waals surface area contributed by atoms with Crippen molar-refractivity contribution in [3.8, 4) is 6.07 Å². The van der Waals surface area contributed by atoms with Crippen LogP contribution in [0.4, 0.5) is 0 Å². The van der Waals surface area contributed by atoms with E-state index in [4.69, 9.17) is 10.00 Å². The molecule has 26 heavy (non-hydrogen) atoms. The highest BCUT2D eigenvalue weighted by Gasteiger charge is 2.24. The first kappa shape index (κ1) is 18.7. The van der Waals surface area contributed by atoms with E-state index < -0.39 is 30.3 Å². The zero-order valence-corrected chi connectivity index (χ0v) is 13.7. The standard InChI is InChI=1S/C19H16N2O5/c20-11-13-6-8-15(9-7-13)18(23)21-16(19(24)25)10-17(22)26-12-14-4-2-1-3-5-14/h1-9,16H,10,12H2,(H,21,23)(H,24,25)/t16-/m0/s1. The number of ether oxygens (including phenoxy) is 1. The number of aliphatic carboxylic acids is 1. The Kier molecular flexibility index (Phi) is 6.46. The summed E-state index contributed by atoms with van der Waals surface area (Å²) in [7, 11) is 0. The van der Waals surface area contributed by atoms with Crippen LogP contribution in [0.5, 0.6) is 0 Å². The van der Waals surface area contributed by atoms with E-state index in [1.54, 1.807) is 24.3 Å². The van der Waals surface area contributed by atoms with Gasteiger partial charge in [-0.05, 0) is 29.8 Å². The van der Waals surface area contributed by atoms with Crippen molar-refractivity contribution in [3.63, 3.8) is 0 Å². The molecule has 0 fully saturated rings. The smallest absolute Gasteiger partial charge is 0.326 e. The van der Waals surface area contributed by atoms with E-state index >= 15 is 0 Å². The van der Waals surface area contributed by atoms with Crippen LogP contribution < -0.4 is 5.32 Å². The van der Waals surface area contributed by atoms with Gasteiger partial charge < -0.3 is 15.2 Å². The maximum absolute atomic E-state index is 12.1. The molecule has 0 bridgehead atoms. The van der Waals surface area contributed by atoms with Gasteiger partial charge in [-0.15, -0.1) is 0 Å². The van der Waals surface area contributed by atoms with Gasteiger partial charge in [0.1, 0.15) is 12.6 Å². The number of esters is 1. The molecule has 1 amide bonds. The van der Waals surface area contributed by atoms with Crippen LogP contribution in [0, 0.1) is 11.3 Å². The van der Waals surface area contributed by atoms with Gasteiger partial charge in [-0.3, -0.25) is 9.59 Å². The fourth-order valence-electron chi connectivity index (χ4n) is 2.10. The molecule has 0 aliphatic heterocycles. The second-order valence-electron chi connectivity index (χ2n) is 5.40. The van der Waals surface area contributed by atoms with E-state index in [-0.39, 0.29) is 12.2 Å². The van der Waals surface area contributed by atoms with Crippen molar-refractivity contribution in [1.82, 2.24) is 5.32 Å². The average molecular weight is 352 g/mol. The third kappa shape index (κ3) is 5.46. The van der Waals surface area contributed by atoms with Gasteiger partial charge in [-0.2, -0.15) is 5.26 Å². The highest BCUT2D eigenvalue weighted by Crippen LogP contribution is 2.06. The van der Waals surface area contributed by atoms with E-state index in [0.717, 1.165) is 5.56 Å². The number of hydrogen-bond donors (Lipinski definition) is 2. The van der Waals surface area contributed by atoms with Gasteiger partial charge in [-0.1, -0.05) is 30.3 Å². The van der Waals surface area contributed by atoms with Gasteiger partial charge in [-0.25, -0.2) is 4.79 Å². The van der Waals surface area contributed by atoms with Gasteiger partial charge in [0.25, 0.3) is 5.91 Å². The second-order valence-corrected chi connectivity index (χ2v) is 5.40. The number of carboxylic acid groups (broad SMARTS) is 1. The quantitative estimate of drug-likeness (QED) is 0.735. The van der Waals surface area contributed by atoms with E-state index in [1.165, 1.54) is 24.3 Å². The van der Waals surface area contributed by atoms with Crippen LogP contribution in [0.15, 0.2) is 54.6 Å². The largest absolute Gasteiger partial charge is 0.480 e. The molecular formula is C19H16N2O5. The molecule has 0 aromatic heterocycles. The summed E-state index contributed by atoms with van der Waals surface area (Å²) in [4.78, 5) is 35.3. The molecule has 1 atom stereocenters. The molecule has 132 valence electrons. The van der Waals surface area contributed by atoms with Gasteiger partial charge in [0.2, 0.25) is 0 Å². The fourth-order valence-corrected chi connectivity index (χ4v) is 2.10. The summed E-state index contributed by atoms with van der Waals surface area (Å²) in [6.07, 6.45) is -0.496. The van der Waals surface area contributed by atoms with Gasteiger partial charge in [0.15, 0.2) is 0 Å². The fraction of sp³-hybridized carbons (Fsp3) is 0.158. The number of hydrogen-bond acceptors (Lipinski definition) is 5. The Morgan fingerprint density at radius 1 is 1.08 bits per heavy atom. The molecule has 0 aliphatic carbocycles. The highest BCUT2D eigenvalue weighted by atomic mass is 16.5. The van der Waals surface area contributed by atoms with Crippen LogP contribution in [-0.4, -0.2) is 29.0 Å². The normalized spacial score (nSPS) is 11.0. The summed E-state index contributed by atoms with van der Waals surface area (Å²) < 4.78 is 5.04. The van der Waals surface area contributed by atoms with E-state index in [2.05, 4.69) is 5.32 Å². The van der Waals surface area contributed by atoms with Crippen molar-refractivity contribution in [3.05, 3.63) is 71.3 Å². The van der Waals surface area contributed by atoms with Crippen LogP contribution in [0.3, 0.4) is 0 Å². The molecule has 0 heterocycles. The lowest BCUT2D eigenvalue weighted by molar-refractivity contribution is -0.150. The molecule has 0 saturated carbocycles. The van der Waals surface area contributed by atoms with Crippen molar-refractivity contribution in [2.24, 2.45) is 0 Å². The third-order valence-corrected chi connectivity index (χ3v) is 3.49. The summed E-state index contributed by atoms with van der Waals surface area (Å²) in [5.74, 6) is -2.73. The molecule has 7 heteroatoms. The van der Waals surface area contributed by atoms with Crippen molar-refractivity contribution < 1.29 is 24.2 Å². The molecule has 0 radical (unpaired) electrons. The number of nitrogens with one attached hydrogen (secondary N) is 1. The first-order chi connectivity index (χ1) is 12.5. The number of nitrogens with zero attached hydrogens (tertiary/aromatic N) is 1. The highest BCUT2D eigenvalue weighted by molar-refractivity contribution is 5.97. The number of carbonyl (C=O) groups is 3. The predicted molar refractivity (Wildman–Crippen MR) is 90.9 cm³/mol. The number of carbonyl (C=O) groups excluding carboxylic acids is 2. The molecule has 2 rings (SSSR count). The first-order valence-electron chi connectivity index (χ1n) is 7.73. The van der Waals surface area contributed by atoms with Crippen molar-refractivity contribution in [2.75, 3.05) is 0 Å². The minimum absolute atomic E-state index is 0.0234. The number of nitriles is 1. The molecule has 2 N–H and O–H groups in total. The van der Waals surface area contributed by atoms with Gasteiger partial charge >= 0.3 is 11.9 Å². The van der Waals surface area contributed by atoms with E-state index in [0.29, 0.717) is 5.56 Å². The molecule has 2 aromatic rings. The molecule has 0 saturated heterocycles. The van der Waals surface area contributed by atoms with Crippen molar-refractivity contribution in [2.45, 2.75) is 19.1 Å². The maximum atomic E-state index is 12.1. The molecular weight excluding hydrogens is 336 g/mol. The first-order valence-corrected chi connectivity index (χ1v) is 7.73. The van der Waals surface area contributed by atoms with Crippen molar-refractivity contribution in [1.29, 1.82) is 5.26 Å². The lowest BCUT2D eigenvalue weighted by Gasteiger charge is -2.14. The molecule has 2 aromatic carbocycles. The maximum Gasteiger partial charge on any atom is 0.326 e. The van der Waals surface area contributed by atoms with Crippen molar-refractivity contribution >= 4 is 17.8 Å². The van der Waals surface area contributed by atoms with Crippen LogP contribution in [-0.2, 0) is 20.9 Å². The van der Waals surface area contributed by atoms with Crippen LogP contribution >= 0.6 is 0 Å². The number of amides is 1. The van der Waals surface area contributed by atoms with Crippen LogP contribution in [0.2, 0.25) is 0 Å². The summed E-state index contributed by atoms with van der Waals surface area (Å²) in [5, 5.41) is 20.2. The van der Waals surface area contributed by atoms with Crippen LogP contribution in [0.1, 0.15) is 27.9 Å². The van der Waals surface area contributed by atoms with Crippen LogP contribution in [0.25, 0.3) is 0 Å². The Labute approximate surface area is 149 Å². The second kappa shape index (κ2) is 8.99. The third-order valence-electron chi connectivity index (χ3n) is 3.49. The Balaban J connectivity index is 1.93. The summed E-state index contributed by atoms with van der Waals surface area (Å²) >= 11 is 0. The minimum atomic E-state index is -1.42. The zero-order valence-electron chi connectivity index (χ0n) is 13.7. The number of benzene rings is 2. The topological polar surface area (TPSA) is 116 Å². The summed E-state index contributed by atoms with van der Waals surface area (Å²) in [6, 6.07) is 15.2. The Hall–Kier alpha value is -3.66. The van der Waals surface area contributed by atoms with E-state index in [9.17, 15) is 19.5 Å². The summed E-state index contributed by atoms with van der Waals surface area (Å²) in [6.45, 7) is 0.0234. The Bertz CT molecular complexity index is 825. The Morgan fingerprint density at radius 3 is 2.31 bits per heavy atom. The molecule has 0 aliphatic rings. The lowest BCUT2D eigenvalue weighted by atomic mass is 10.1. The van der Waals surface area contributed by atoms with E-state index in [1.807, 2.05) is 12.1 Å².